The Hall–Kier alpha value is -1.04. The lowest BCUT2D eigenvalue weighted by Crippen LogP contribution is -2.10. The van der Waals surface area contributed by atoms with Crippen molar-refractivity contribution in [2.24, 2.45) is 5.92 Å². The van der Waals surface area contributed by atoms with Gasteiger partial charge in [-0.15, -0.1) is 0 Å². The number of carboxylic acid groups (broad SMARTS) is 1. The number of nitriles is 1. The van der Waals surface area contributed by atoms with E-state index < -0.39 is 11.9 Å². The largest absolute Gasteiger partial charge is 0.480 e. The van der Waals surface area contributed by atoms with Crippen LogP contribution in [0.1, 0.15) is 103 Å². The molecule has 0 saturated carbocycles. The Morgan fingerprint density at radius 1 is 0.818 bits per heavy atom. The molecule has 1 atom stereocenters. The van der Waals surface area contributed by atoms with Crippen molar-refractivity contribution in [2.75, 3.05) is 0 Å². The third-order valence-electron chi connectivity index (χ3n) is 4.30. The second-order valence-electron chi connectivity index (χ2n) is 6.40. The van der Waals surface area contributed by atoms with E-state index in [1.165, 1.54) is 77.0 Å². The van der Waals surface area contributed by atoms with Gasteiger partial charge in [-0.1, -0.05) is 96.8 Å². The molecular formula is C19H35NO2. The molecule has 3 nitrogen and oxygen atoms in total. The van der Waals surface area contributed by atoms with Crippen LogP contribution in [0.3, 0.4) is 0 Å². The van der Waals surface area contributed by atoms with Gasteiger partial charge >= 0.3 is 5.97 Å². The van der Waals surface area contributed by atoms with Gasteiger partial charge in [-0.2, -0.15) is 5.26 Å². The molecule has 0 aromatic rings. The SMILES string of the molecule is CCCCCCCCCCCCCCCCC(C#N)C(=O)O. The fourth-order valence-corrected chi connectivity index (χ4v) is 2.79. The monoisotopic (exact) mass is 309 g/mol. The lowest BCUT2D eigenvalue weighted by molar-refractivity contribution is -0.140. The summed E-state index contributed by atoms with van der Waals surface area (Å²) in [6.07, 6.45) is 18.6. The minimum Gasteiger partial charge on any atom is -0.480 e. The van der Waals surface area contributed by atoms with Crippen LogP contribution in [0.2, 0.25) is 0 Å². The smallest absolute Gasteiger partial charge is 0.320 e. The van der Waals surface area contributed by atoms with Gasteiger partial charge in [-0.05, 0) is 6.42 Å². The van der Waals surface area contributed by atoms with Gasteiger partial charge < -0.3 is 5.11 Å². The fraction of sp³-hybridized carbons (Fsp3) is 0.895. The maximum Gasteiger partial charge on any atom is 0.320 e. The van der Waals surface area contributed by atoms with Crippen molar-refractivity contribution in [3.63, 3.8) is 0 Å². The Morgan fingerprint density at radius 2 is 1.18 bits per heavy atom. The molecule has 0 radical (unpaired) electrons. The summed E-state index contributed by atoms with van der Waals surface area (Å²) in [6.45, 7) is 2.26. The lowest BCUT2D eigenvalue weighted by Gasteiger charge is -2.04. The van der Waals surface area contributed by atoms with Crippen LogP contribution in [0.15, 0.2) is 0 Å². The molecule has 0 heterocycles. The highest BCUT2D eigenvalue weighted by molar-refractivity contribution is 5.72. The molecule has 0 fully saturated rings. The summed E-state index contributed by atoms with van der Waals surface area (Å²) in [7, 11) is 0. The zero-order valence-corrected chi connectivity index (χ0v) is 14.5. The first-order valence-electron chi connectivity index (χ1n) is 9.34. The van der Waals surface area contributed by atoms with E-state index in [4.69, 9.17) is 10.4 Å². The first kappa shape index (κ1) is 21.0. The average Bonchev–Trinajstić information content (AvgIpc) is 2.51. The van der Waals surface area contributed by atoms with Gasteiger partial charge in [0.1, 0.15) is 5.92 Å². The van der Waals surface area contributed by atoms with Crippen LogP contribution in [0.5, 0.6) is 0 Å². The number of nitrogens with zero attached hydrogens (tertiary/aromatic N) is 1. The highest BCUT2D eigenvalue weighted by Crippen LogP contribution is 2.14. The number of hydrogen-bond acceptors (Lipinski definition) is 2. The highest BCUT2D eigenvalue weighted by atomic mass is 16.4. The van der Waals surface area contributed by atoms with Gasteiger partial charge in [-0.25, -0.2) is 0 Å². The van der Waals surface area contributed by atoms with E-state index >= 15 is 0 Å². The van der Waals surface area contributed by atoms with Crippen LogP contribution in [0, 0.1) is 17.2 Å². The molecule has 0 aliphatic rings. The molecule has 128 valence electrons. The second kappa shape index (κ2) is 16.3. The predicted molar refractivity (Wildman–Crippen MR) is 91.7 cm³/mol. The van der Waals surface area contributed by atoms with Gasteiger partial charge in [0.2, 0.25) is 0 Å². The van der Waals surface area contributed by atoms with E-state index in [0.717, 1.165) is 12.8 Å². The van der Waals surface area contributed by atoms with Gasteiger partial charge in [0.05, 0.1) is 6.07 Å². The number of unbranched alkanes of at least 4 members (excludes halogenated alkanes) is 13. The Balaban J connectivity index is 3.15. The number of rotatable bonds is 16. The fourth-order valence-electron chi connectivity index (χ4n) is 2.79. The van der Waals surface area contributed by atoms with Crippen molar-refractivity contribution < 1.29 is 9.90 Å². The third kappa shape index (κ3) is 13.9. The number of aliphatic carboxylic acids is 1. The van der Waals surface area contributed by atoms with E-state index in [1.54, 1.807) is 0 Å². The first-order chi connectivity index (χ1) is 10.7. The molecule has 0 aliphatic heterocycles. The third-order valence-corrected chi connectivity index (χ3v) is 4.30. The number of carbonyl (C=O) groups is 1. The van der Waals surface area contributed by atoms with Crippen molar-refractivity contribution in [1.82, 2.24) is 0 Å². The van der Waals surface area contributed by atoms with Crippen LogP contribution < -0.4 is 0 Å². The van der Waals surface area contributed by atoms with Crippen molar-refractivity contribution in [3.8, 4) is 6.07 Å². The summed E-state index contributed by atoms with van der Waals surface area (Å²) in [4.78, 5) is 10.7. The molecule has 0 aromatic carbocycles. The van der Waals surface area contributed by atoms with E-state index in [2.05, 4.69) is 6.92 Å². The summed E-state index contributed by atoms with van der Waals surface area (Å²) < 4.78 is 0. The van der Waals surface area contributed by atoms with Crippen molar-refractivity contribution in [2.45, 2.75) is 103 Å². The van der Waals surface area contributed by atoms with Crippen molar-refractivity contribution in [1.29, 1.82) is 5.26 Å². The van der Waals surface area contributed by atoms with Crippen LogP contribution >= 0.6 is 0 Å². The molecule has 0 aliphatic carbocycles. The zero-order valence-electron chi connectivity index (χ0n) is 14.5. The van der Waals surface area contributed by atoms with Crippen LogP contribution in [-0.2, 0) is 4.79 Å². The topological polar surface area (TPSA) is 61.1 Å². The van der Waals surface area contributed by atoms with Gasteiger partial charge in [0.15, 0.2) is 0 Å². The second-order valence-corrected chi connectivity index (χ2v) is 6.40. The molecule has 0 bridgehead atoms. The molecule has 0 amide bonds. The van der Waals surface area contributed by atoms with Gasteiger partial charge in [-0.3, -0.25) is 4.79 Å². The summed E-state index contributed by atoms with van der Waals surface area (Å²) >= 11 is 0. The van der Waals surface area contributed by atoms with E-state index in [-0.39, 0.29) is 0 Å². The minimum absolute atomic E-state index is 0.504. The van der Waals surface area contributed by atoms with Crippen molar-refractivity contribution in [3.05, 3.63) is 0 Å². The molecule has 0 aromatic heterocycles. The summed E-state index contributed by atoms with van der Waals surface area (Å²) in [5, 5.41) is 17.4. The summed E-state index contributed by atoms with van der Waals surface area (Å²) in [6, 6.07) is 1.85. The molecule has 3 heteroatoms. The quantitative estimate of drug-likeness (QED) is 0.351. The van der Waals surface area contributed by atoms with Crippen molar-refractivity contribution >= 4 is 5.97 Å². The molecule has 1 N–H and O–H groups in total. The Bertz CT molecular complexity index is 296. The molecule has 22 heavy (non-hydrogen) atoms. The molecule has 0 spiro atoms. The average molecular weight is 309 g/mol. The molecule has 0 saturated heterocycles. The van der Waals surface area contributed by atoms with Gasteiger partial charge in [0, 0.05) is 0 Å². The van der Waals surface area contributed by atoms with E-state index in [0.29, 0.717) is 6.42 Å². The minimum atomic E-state index is -0.975. The van der Waals surface area contributed by atoms with Crippen LogP contribution in [0.4, 0.5) is 0 Å². The van der Waals surface area contributed by atoms with Crippen LogP contribution in [0.25, 0.3) is 0 Å². The highest BCUT2D eigenvalue weighted by Gasteiger charge is 2.14. The number of carboxylic acids is 1. The predicted octanol–water partition coefficient (Wildman–Crippen LogP) is 6.08. The Labute approximate surface area is 137 Å². The summed E-state index contributed by atoms with van der Waals surface area (Å²) in [5.74, 6) is -1.78. The molecular weight excluding hydrogens is 274 g/mol. The molecule has 0 rings (SSSR count). The van der Waals surface area contributed by atoms with E-state index in [1.807, 2.05) is 6.07 Å². The van der Waals surface area contributed by atoms with Gasteiger partial charge in [0.25, 0.3) is 0 Å². The van der Waals surface area contributed by atoms with Crippen LogP contribution in [-0.4, -0.2) is 11.1 Å². The normalized spacial score (nSPS) is 12.0. The number of hydrogen-bond donors (Lipinski definition) is 1. The first-order valence-corrected chi connectivity index (χ1v) is 9.34. The lowest BCUT2D eigenvalue weighted by atomic mass is 10.0. The maximum atomic E-state index is 10.7. The Morgan fingerprint density at radius 3 is 1.50 bits per heavy atom. The molecule has 1 unspecified atom stereocenters. The zero-order chi connectivity index (χ0) is 16.5. The Kier molecular flexibility index (Phi) is 15.6. The maximum absolute atomic E-state index is 10.7. The standard InChI is InChI=1S/C19H35NO2/c1-2-3-4-5-6-7-8-9-10-11-12-13-14-15-16-18(17-20)19(21)22/h18H,2-16H2,1H3,(H,21,22). The van der Waals surface area contributed by atoms with E-state index in [9.17, 15) is 4.79 Å². The summed E-state index contributed by atoms with van der Waals surface area (Å²) in [5.41, 5.74) is 0.